The molecule has 0 saturated heterocycles. The molecule has 2 N–H and O–H groups in total. The summed E-state index contributed by atoms with van der Waals surface area (Å²) in [5, 5.41) is 8.15. The van der Waals surface area contributed by atoms with Crippen LogP contribution in [0.5, 0.6) is 0 Å². The summed E-state index contributed by atoms with van der Waals surface area (Å²) in [5.74, 6) is 1.13. The first-order chi connectivity index (χ1) is 12.3. The molecule has 0 atom stereocenters. The minimum Gasteiger partial charge on any atom is -0.360 e. The van der Waals surface area contributed by atoms with Crippen molar-refractivity contribution in [3.63, 3.8) is 0 Å². The Kier molecular flexibility index (Phi) is 3.40. The molecule has 5 heteroatoms. The predicted octanol–water partition coefficient (Wildman–Crippen LogP) is 3.84. The molecule has 1 fully saturated rings. The number of H-pyrrole nitrogens is 1. The van der Waals surface area contributed by atoms with Gasteiger partial charge in [-0.3, -0.25) is 4.79 Å². The minimum absolute atomic E-state index is 0.174. The molecule has 128 valence electrons. The molecule has 0 unspecified atom stereocenters. The van der Waals surface area contributed by atoms with Gasteiger partial charge < -0.3 is 14.8 Å². The lowest BCUT2D eigenvalue weighted by molar-refractivity contribution is 0.0941. The van der Waals surface area contributed by atoms with E-state index in [2.05, 4.69) is 33.7 Å². The highest BCUT2D eigenvalue weighted by atomic mass is 16.5. The fraction of sp³-hybridized carbons (Fsp3) is 0.400. The van der Waals surface area contributed by atoms with E-state index in [1.54, 1.807) is 6.07 Å². The molecule has 1 saturated carbocycles. The normalized spacial score (nSPS) is 16.8. The largest absolute Gasteiger partial charge is 0.360 e. The van der Waals surface area contributed by atoms with Gasteiger partial charge in [0.2, 0.25) is 0 Å². The number of nitrogens with one attached hydrogen (secondary N) is 2. The van der Waals surface area contributed by atoms with Gasteiger partial charge in [0.1, 0.15) is 5.76 Å². The molecule has 0 aliphatic heterocycles. The molecular weight excluding hydrogens is 314 g/mol. The van der Waals surface area contributed by atoms with Gasteiger partial charge in [-0.05, 0) is 61.8 Å². The van der Waals surface area contributed by atoms with Gasteiger partial charge in [-0.15, -0.1) is 0 Å². The van der Waals surface area contributed by atoms with Gasteiger partial charge in [-0.25, -0.2) is 0 Å². The molecule has 0 bridgehead atoms. The molecule has 25 heavy (non-hydrogen) atoms. The number of rotatable bonds is 4. The van der Waals surface area contributed by atoms with Gasteiger partial charge >= 0.3 is 0 Å². The van der Waals surface area contributed by atoms with E-state index in [1.165, 1.54) is 35.0 Å². The van der Waals surface area contributed by atoms with Gasteiger partial charge in [0.15, 0.2) is 5.69 Å². The number of amides is 1. The lowest BCUT2D eigenvalue weighted by Gasteiger charge is -2.10. The molecule has 2 heterocycles. The second-order valence-corrected chi connectivity index (χ2v) is 7.24. The molecule has 0 radical (unpaired) electrons. The second-order valence-electron chi connectivity index (χ2n) is 7.24. The van der Waals surface area contributed by atoms with Crippen molar-refractivity contribution in [3.05, 3.63) is 52.5 Å². The number of hydrogen-bond acceptors (Lipinski definition) is 3. The van der Waals surface area contributed by atoms with Crippen molar-refractivity contribution in [2.45, 2.75) is 51.0 Å². The molecule has 5 nitrogen and oxygen atoms in total. The zero-order chi connectivity index (χ0) is 16.8. The monoisotopic (exact) mass is 335 g/mol. The molecule has 2 aliphatic rings. The fourth-order valence-electron chi connectivity index (χ4n) is 3.79. The number of benzene rings is 1. The Morgan fingerprint density at radius 3 is 3.00 bits per heavy atom. The van der Waals surface area contributed by atoms with Crippen LogP contribution in [0.2, 0.25) is 0 Å². The van der Waals surface area contributed by atoms with Gasteiger partial charge in [-0.2, -0.15) is 0 Å². The van der Waals surface area contributed by atoms with Crippen molar-refractivity contribution in [1.29, 1.82) is 0 Å². The van der Waals surface area contributed by atoms with E-state index in [4.69, 9.17) is 4.52 Å². The van der Waals surface area contributed by atoms with E-state index in [0.717, 1.165) is 37.0 Å². The maximum atomic E-state index is 12.3. The lowest BCUT2D eigenvalue weighted by atomic mass is 9.95. The third-order valence-electron chi connectivity index (χ3n) is 5.36. The van der Waals surface area contributed by atoms with Crippen LogP contribution in [0.4, 0.5) is 0 Å². The van der Waals surface area contributed by atoms with Crippen molar-refractivity contribution in [2.75, 3.05) is 0 Å². The summed E-state index contributed by atoms with van der Waals surface area (Å²) in [6, 6.07) is 8.17. The predicted molar refractivity (Wildman–Crippen MR) is 94.6 cm³/mol. The van der Waals surface area contributed by atoms with E-state index in [0.29, 0.717) is 18.2 Å². The van der Waals surface area contributed by atoms with Crippen molar-refractivity contribution in [3.8, 4) is 0 Å². The number of aromatic nitrogens is 2. The van der Waals surface area contributed by atoms with Crippen LogP contribution in [0.15, 0.2) is 28.8 Å². The Morgan fingerprint density at radius 1 is 1.24 bits per heavy atom. The Bertz CT molecular complexity index is 949. The number of aryl methyl sites for hydroxylation is 2. The quantitative estimate of drug-likeness (QED) is 0.761. The second kappa shape index (κ2) is 5.76. The van der Waals surface area contributed by atoms with Crippen molar-refractivity contribution in [1.82, 2.24) is 15.5 Å². The van der Waals surface area contributed by atoms with Gasteiger partial charge in [0.25, 0.3) is 5.91 Å². The molecule has 3 aromatic rings. The zero-order valence-corrected chi connectivity index (χ0v) is 14.1. The maximum absolute atomic E-state index is 12.3. The highest BCUT2D eigenvalue weighted by molar-refractivity contribution is 5.92. The molecule has 2 aromatic heterocycles. The summed E-state index contributed by atoms with van der Waals surface area (Å²) in [7, 11) is 0. The van der Waals surface area contributed by atoms with Crippen LogP contribution >= 0.6 is 0 Å². The third kappa shape index (κ3) is 2.73. The molecule has 5 rings (SSSR count). The molecule has 2 aliphatic carbocycles. The first kappa shape index (κ1) is 14.8. The zero-order valence-electron chi connectivity index (χ0n) is 14.1. The summed E-state index contributed by atoms with van der Waals surface area (Å²) in [6.07, 6.45) is 7.09. The fourth-order valence-corrected chi connectivity index (χ4v) is 3.79. The summed E-state index contributed by atoms with van der Waals surface area (Å²) in [5.41, 5.74) is 5.53. The molecule has 1 aromatic carbocycles. The van der Waals surface area contributed by atoms with E-state index in [-0.39, 0.29) is 5.91 Å². The van der Waals surface area contributed by atoms with E-state index < -0.39 is 0 Å². The Hall–Kier alpha value is -2.56. The van der Waals surface area contributed by atoms with Crippen molar-refractivity contribution < 1.29 is 9.32 Å². The van der Waals surface area contributed by atoms with Crippen molar-refractivity contribution >= 4 is 16.8 Å². The van der Waals surface area contributed by atoms with Crippen LogP contribution in [-0.4, -0.2) is 16.0 Å². The van der Waals surface area contributed by atoms with Gasteiger partial charge in [0.05, 0.1) is 0 Å². The molecule has 0 spiro atoms. The lowest BCUT2D eigenvalue weighted by Crippen LogP contribution is -2.23. The summed E-state index contributed by atoms with van der Waals surface area (Å²) >= 11 is 0. The smallest absolute Gasteiger partial charge is 0.273 e. The van der Waals surface area contributed by atoms with E-state index >= 15 is 0 Å². The van der Waals surface area contributed by atoms with E-state index in [9.17, 15) is 4.79 Å². The Balaban J connectivity index is 1.32. The number of aromatic amines is 1. The number of nitrogens with zero attached hydrogens (tertiary/aromatic N) is 1. The van der Waals surface area contributed by atoms with Crippen LogP contribution in [0.3, 0.4) is 0 Å². The van der Waals surface area contributed by atoms with Crippen LogP contribution in [0.1, 0.15) is 64.7 Å². The first-order valence-electron chi connectivity index (χ1n) is 9.15. The first-order valence-corrected chi connectivity index (χ1v) is 9.15. The standard InChI is InChI=1S/C20H21N3O2/c24-20(18-10-19(25-23-18)13-6-7-13)21-11-12-5-8-17-15(9-12)14-3-1-2-4-16(14)22-17/h5,8-10,13,22H,1-4,6-7,11H2,(H,21,24). The third-order valence-corrected chi connectivity index (χ3v) is 5.36. The topological polar surface area (TPSA) is 70.9 Å². The maximum Gasteiger partial charge on any atom is 0.273 e. The summed E-state index contributed by atoms with van der Waals surface area (Å²) in [4.78, 5) is 15.8. The number of fused-ring (bicyclic) bond motifs is 3. The van der Waals surface area contributed by atoms with Crippen LogP contribution in [0.25, 0.3) is 10.9 Å². The van der Waals surface area contributed by atoms with Gasteiger partial charge in [0, 0.05) is 35.1 Å². The summed E-state index contributed by atoms with van der Waals surface area (Å²) < 4.78 is 5.26. The Labute approximate surface area is 145 Å². The van der Waals surface area contributed by atoms with Crippen LogP contribution < -0.4 is 5.32 Å². The summed E-state index contributed by atoms with van der Waals surface area (Å²) in [6.45, 7) is 0.500. The van der Waals surface area contributed by atoms with Crippen LogP contribution in [0, 0.1) is 0 Å². The number of carbonyl (C=O) groups is 1. The number of hydrogen-bond donors (Lipinski definition) is 2. The number of carbonyl (C=O) groups excluding carboxylic acids is 1. The van der Waals surface area contributed by atoms with E-state index in [1.807, 2.05) is 0 Å². The average Bonchev–Trinajstić information content (AvgIpc) is 3.25. The molecular formula is C20H21N3O2. The highest BCUT2D eigenvalue weighted by Gasteiger charge is 2.28. The SMILES string of the molecule is O=C(NCc1ccc2[nH]c3c(c2c1)CCCC3)c1cc(C2CC2)on1. The minimum atomic E-state index is -0.174. The van der Waals surface area contributed by atoms with Crippen LogP contribution in [-0.2, 0) is 19.4 Å². The molecule has 1 amide bonds. The highest BCUT2D eigenvalue weighted by Crippen LogP contribution is 2.40. The van der Waals surface area contributed by atoms with Gasteiger partial charge in [-0.1, -0.05) is 11.2 Å². The Morgan fingerprint density at radius 2 is 2.12 bits per heavy atom. The average molecular weight is 335 g/mol. The van der Waals surface area contributed by atoms with Crippen molar-refractivity contribution in [2.24, 2.45) is 0 Å².